The molecule has 0 saturated heterocycles. The van der Waals surface area contributed by atoms with Crippen LogP contribution in [0.1, 0.15) is 88.7 Å². The maximum Gasteiger partial charge on any atom is 0.257 e. The molecule has 2 heterocycles. The van der Waals surface area contributed by atoms with Gasteiger partial charge in [-0.15, -0.1) is 0 Å². The molecular weight excluding hydrogens is 485 g/mol. The fourth-order valence-electron chi connectivity index (χ4n) is 7.78. The van der Waals surface area contributed by atoms with Crippen LogP contribution >= 0.6 is 0 Å². The molecule has 0 atom stereocenters. The fraction of sp³-hybridized carbons (Fsp3) is 0.621. The number of aryl methyl sites for hydroxylation is 2. The van der Waals surface area contributed by atoms with Crippen LogP contribution in [-0.4, -0.2) is 38.4 Å². The van der Waals surface area contributed by atoms with E-state index in [1.807, 2.05) is 43.0 Å². The summed E-state index contributed by atoms with van der Waals surface area (Å²) in [7, 11) is 0. The van der Waals surface area contributed by atoms with Crippen LogP contribution in [0.25, 0.3) is 11.5 Å². The minimum Gasteiger partial charge on any atom is -0.339 e. The van der Waals surface area contributed by atoms with E-state index in [2.05, 4.69) is 20.3 Å². The van der Waals surface area contributed by atoms with Crippen molar-refractivity contribution in [3.05, 3.63) is 41.8 Å². The lowest BCUT2D eigenvalue weighted by molar-refractivity contribution is -0.215. The molecule has 9 rings (SSSR count). The monoisotopic (exact) mass is 519 g/mol. The van der Waals surface area contributed by atoms with E-state index in [9.17, 15) is 9.18 Å². The number of nitrogens with zero attached hydrogens (tertiary/aromatic N) is 5. The molecular formula is C29H34FN5O3. The van der Waals surface area contributed by atoms with Crippen molar-refractivity contribution in [2.75, 3.05) is 11.4 Å². The molecule has 3 aromatic rings. The summed E-state index contributed by atoms with van der Waals surface area (Å²) in [5.74, 6) is 2.67. The van der Waals surface area contributed by atoms with Crippen molar-refractivity contribution in [3.8, 4) is 11.5 Å². The zero-order valence-electron chi connectivity index (χ0n) is 22.1. The van der Waals surface area contributed by atoms with Crippen LogP contribution in [0.4, 0.5) is 10.1 Å². The van der Waals surface area contributed by atoms with Crippen LogP contribution in [0, 0.1) is 17.8 Å². The number of hydrogen-bond acceptors (Lipinski definition) is 7. The summed E-state index contributed by atoms with van der Waals surface area (Å²) in [6.07, 6.45) is 8.70. The number of rotatable bonds is 8. The summed E-state index contributed by atoms with van der Waals surface area (Å²) >= 11 is 0. The molecule has 1 aromatic carbocycles. The molecule has 6 fully saturated rings. The van der Waals surface area contributed by atoms with Gasteiger partial charge in [0.25, 0.3) is 5.89 Å². The maximum absolute atomic E-state index is 14.3. The van der Waals surface area contributed by atoms with Crippen molar-refractivity contribution in [3.63, 3.8) is 0 Å². The van der Waals surface area contributed by atoms with Crippen molar-refractivity contribution in [2.24, 2.45) is 10.8 Å². The van der Waals surface area contributed by atoms with E-state index in [-0.39, 0.29) is 22.2 Å². The summed E-state index contributed by atoms with van der Waals surface area (Å²) in [5, 5.41) is 8.08. The molecule has 6 saturated carbocycles. The normalized spacial score (nSPS) is 33.0. The number of halogens is 1. The molecule has 8 nitrogen and oxygen atoms in total. The van der Waals surface area contributed by atoms with E-state index in [0.717, 1.165) is 55.7 Å². The molecule has 0 radical (unpaired) electrons. The number of anilines is 1. The Kier molecular flexibility index (Phi) is 5.17. The van der Waals surface area contributed by atoms with Gasteiger partial charge in [0.2, 0.25) is 11.8 Å². The second kappa shape index (κ2) is 8.20. The van der Waals surface area contributed by atoms with Gasteiger partial charge in [-0.05, 0) is 93.7 Å². The van der Waals surface area contributed by atoms with Crippen molar-refractivity contribution < 1.29 is 18.2 Å². The highest BCUT2D eigenvalue weighted by Gasteiger charge is 2.69. The van der Waals surface area contributed by atoms with Crippen molar-refractivity contribution in [1.82, 2.24) is 20.3 Å². The Morgan fingerprint density at radius 1 is 1.00 bits per heavy atom. The van der Waals surface area contributed by atoms with Crippen LogP contribution in [0.3, 0.4) is 0 Å². The van der Waals surface area contributed by atoms with Crippen molar-refractivity contribution in [2.45, 2.75) is 95.6 Å². The van der Waals surface area contributed by atoms with E-state index in [0.29, 0.717) is 56.2 Å². The Morgan fingerprint density at radius 3 is 2.34 bits per heavy atom. The van der Waals surface area contributed by atoms with Crippen LogP contribution < -0.4 is 4.90 Å². The predicted octanol–water partition coefficient (Wildman–Crippen LogP) is 5.90. The van der Waals surface area contributed by atoms with E-state index < -0.39 is 5.67 Å². The molecule has 6 aliphatic carbocycles. The van der Waals surface area contributed by atoms with Gasteiger partial charge in [0.1, 0.15) is 5.67 Å². The van der Waals surface area contributed by atoms with Gasteiger partial charge in [0.15, 0.2) is 11.6 Å². The Balaban J connectivity index is 1.16. The third-order valence-electron chi connectivity index (χ3n) is 9.97. The molecule has 2 aromatic heterocycles. The van der Waals surface area contributed by atoms with E-state index in [1.165, 1.54) is 0 Å². The highest BCUT2D eigenvalue weighted by molar-refractivity contribution is 5.94. The molecule has 9 heteroatoms. The van der Waals surface area contributed by atoms with Crippen molar-refractivity contribution >= 4 is 11.6 Å². The molecule has 0 N–H and O–H groups in total. The van der Waals surface area contributed by atoms with Gasteiger partial charge in [-0.3, -0.25) is 4.79 Å². The van der Waals surface area contributed by atoms with Gasteiger partial charge in [-0.2, -0.15) is 9.97 Å². The highest BCUT2D eigenvalue weighted by atomic mass is 19.1. The lowest BCUT2D eigenvalue weighted by atomic mass is 9.41. The quantitative estimate of drug-likeness (QED) is 0.365. The van der Waals surface area contributed by atoms with Gasteiger partial charge in [0.05, 0.1) is 0 Å². The molecule has 200 valence electrons. The summed E-state index contributed by atoms with van der Waals surface area (Å²) in [4.78, 5) is 25.0. The van der Waals surface area contributed by atoms with Gasteiger partial charge >= 0.3 is 0 Å². The molecule has 0 unspecified atom stereocenters. The molecule has 0 aliphatic heterocycles. The van der Waals surface area contributed by atoms with E-state index >= 15 is 0 Å². The lowest BCUT2D eigenvalue weighted by Crippen LogP contribution is -2.65. The fourth-order valence-corrected chi connectivity index (χ4v) is 7.78. The third kappa shape index (κ3) is 3.80. The number of carbonyl (C=O) groups excluding carboxylic acids is 1. The number of amides is 1. The molecule has 38 heavy (non-hydrogen) atoms. The molecule has 1 amide bonds. The smallest absolute Gasteiger partial charge is 0.257 e. The first kappa shape index (κ1) is 24.0. The zero-order valence-corrected chi connectivity index (χ0v) is 22.1. The molecule has 0 spiro atoms. The number of benzene rings is 1. The molecule has 6 aliphatic rings. The van der Waals surface area contributed by atoms with Gasteiger partial charge in [-0.1, -0.05) is 23.3 Å². The maximum atomic E-state index is 14.3. The SMILES string of the molecule is CCc1noc(-c2cccc(N(CC34CCC(c5nc(C)no5)(CC3)CC4)C(=O)CC34CC(F)(C3)C4)c2)n1. The minimum atomic E-state index is -1.01. The first-order valence-corrected chi connectivity index (χ1v) is 14.0. The Hall–Kier alpha value is -3.10. The summed E-state index contributed by atoms with van der Waals surface area (Å²) < 4.78 is 25.4. The second-order valence-electron chi connectivity index (χ2n) is 12.7. The van der Waals surface area contributed by atoms with Gasteiger partial charge < -0.3 is 13.9 Å². The minimum absolute atomic E-state index is 0.0337. The topological polar surface area (TPSA) is 98.1 Å². The van der Waals surface area contributed by atoms with Crippen molar-refractivity contribution in [1.29, 1.82) is 0 Å². The second-order valence-corrected chi connectivity index (χ2v) is 12.7. The predicted molar refractivity (Wildman–Crippen MR) is 137 cm³/mol. The van der Waals surface area contributed by atoms with Crippen LogP contribution in [-0.2, 0) is 16.6 Å². The first-order chi connectivity index (χ1) is 18.2. The standard InChI is InChI=1S/C29H34FN5O3/c1-3-22-32-24(37-34-22)20-5-4-6-21(13-20)35(23(36)14-27-15-29(30,16-27)17-27)18-26-7-10-28(11-8-26,12-9-26)25-31-19(2)33-38-25/h4-6,13H,3,7-12,14-18H2,1-2H3. The largest absolute Gasteiger partial charge is 0.339 e. The number of aromatic nitrogens is 4. The Labute approximate surface area is 221 Å². The van der Waals surface area contributed by atoms with Crippen LogP contribution in [0.2, 0.25) is 0 Å². The van der Waals surface area contributed by atoms with Gasteiger partial charge in [0, 0.05) is 36.1 Å². The Bertz CT molecular complexity index is 1350. The average molecular weight is 520 g/mol. The average Bonchev–Trinajstić information content (AvgIpc) is 3.56. The Morgan fingerprint density at radius 2 is 1.74 bits per heavy atom. The summed E-state index contributed by atoms with van der Waals surface area (Å²) in [6, 6.07) is 7.86. The third-order valence-corrected chi connectivity index (χ3v) is 9.97. The first-order valence-electron chi connectivity index (χ1n) is 14.0. The summed E-state index contributed by atoms with van der Waals surface area (Å²) in [5.41, 5.74) is 0.496. The van der Waals surface area contributed by atoms with E-state index in [4.69, 9.17) is 9.05 Å². The number of fused-ring (bicyclic) bond motifs is 3. The zero-order chi connectivity index (χ0) is 26.2. The van der Waals surface area contributed by atoms with Crippen LogP contribution in [0.5, 0.6) is 0 Å². The van der Waals surface area contributed by atoms with Crippen LogP contribution in [0.15, 0.2) is 33.3 Å². The number of carbonyl (C=O) groups is 1. The lowest BCUT2D eigenvalue weighted by Gasteiger charge is -2.66. The highest BCUT2D eigenvalue weighted by Crippen LogP contribution is 2.71. The summed E-state index contributed by atoms with van der Waals surface area (Å²) in [6.45, 7) is 4.51. The van der Waals surface area contributed by atoms with E-state index in [1.54, 1.807) is 0 Å². The number of alkyl halides is 1. The number of hydrogen-bond donors (Lipinski definition) is 0. The molecule has 4 bridgehead atoms. The van der Waals surface area contributed by atoms with Gasteiger partial charge in [-0.25, -0.2) is 4.39 Å².